The largest absolute Gasteiger partial charge is 0.490 e. The number of benzene rings is 2. The first-order valence-electron chi connectivity index (χ1n) is 13.0. The van der Waals surface area contributed by atoms with Crippen LogP contribution in [0.1, 0.15) is 37.9 Å². The van der Waals surface area contributed by atoms with Crippen molar-refractivity contribution in [3.05, 3.63) is 79.6 Å². The van der Waals surface area contributed by atoms with Crippen molar-refractivity contribution in [2.45, 2.75) is 26.8 Å². The van der Waals surface area contributed by atoms with Crippen LogP contribution in [0.2, 0.25) is 0 Å². The Bertz CT molecular complexity index is 1720. The van der Waals surface area contributed by atoms with Gasteiger partial charge in [-0.1, -0.05) is 17.4 Å². The summed E-state index contributed by atoms with van der Waals surface area (Å²) in [7, 11) is 3.15. The maximum absolute atomic E-state index is 14.0. The van der Waals surface area contributed by atoms with Crippen LogP contribution in [0.15, 0.2) is 51.4 Å². The number of thiazole rings is 1. The van der Waals surface area contributed by atoms with E-state index in [1.807, 2.05) is 32.2 Å². The van der Waals surface area contributed by atoms with E-state index in [4.69, 9.17) is 14.2 Å². The maximum Gasteiger partial charge on any atom is 0.343 e. The quantitative estimate of drug-likeness (QED) is 0.241. The molecule has 1 atom stereocenters. The smallest absolute Gasteiger partial charge is 0.343 e. The number of carbonyl (C=O) groups is 2. The van der Waals surface area contributed by atoms with E-state index in [1.54, 1.807) is 32.0 Å². The normalized spacial score (nSPS) is 14.6. The van der Waals surface area contributed by atoms with E-state index in [0.29, 0.717) is 38.7 Å². The van der Waals surface area contributed by atoms with Gasteiger partial charge in [-0.3, -0.25) is 9.36 Å². The van der Waals surface area contributed by atoms with E-state index in [2.05, 4.69) is 60.2 Å². The van der Waals surface area contributed by atoms with Crippen LogP contribution in [0.4, 0.5) is 5.69 Å². The summed E-state index contributed by atoms with van der Waals surface area (Å²) < 4.78 is 25.6. The number of halogens is 2. The summed E-state index contributed by atoms with van der Waals surface area (Å²) in [6, 6.07) is 8.25. The number of allylic oxidation sites excluding steroid dienone is 1. The predicted molar refractivity (Wildman–Crippen MR) is 177 cm³/mol. The van der Waals surface area contributed by atoms with Gasteiger partial charge in [0, 0.05) is 14.2 Å². The van der Waals surface area contributed by atoms with Crippen LogP contribution in [0.3, 0.4) is 0 Å². The Morgan fingerprint density at radius 3 is 2.43 bits per heavy atom. The molecule has 0 unspecified atom stereocenters. The zero-order valence-electron chi connectivity index (χ0n) is 23.6. The van der Waals surface area contributed by atoms with Gasteiger partial charge in [-0.05, 0) is 107 Å². The molecule has 1 aliphatic heterocycles. The lowest BCUT2D eigenvalue weighted by molar-refractivity contribution is -0.143. The van der Waals surface area contributed by atoms with Crippen molar-refractivity contribution in [2.24, 2.45) is 4.99 Å². The number of methoxy groups -OCH3 is 1. The molecule has 42 heavy (non-hydrogen) atoms. The van der Waals surface area contributed by atoms with E-state index >= 15 is 0 Å². The topological polar surface area (TPSA) is 117 Å². The van der Waals surface area contributed by atoms with Crippen molar-refractivity contribution < 1.29 is 28.5 Å². The molecule has 1 aliphatic rings. The molecule has 0 saturated heterocycles. The lowest BCUT2D eigenvalue weighted by atomic mass is 9.95. The fraction of sp³-hybridized carbons (Fsp3) is 0.310. The minimum absolute atomic E-state index is 0.164. The first-order valence-corrected chi connectivity index (χ1v) is 15.9. The summed E-state index contributed by atoms with van der Waals surface area (Å²) in [6.45, 7) is 5.46. The second-order valence-corrected chi connectivity index (χ2v) is 12.2. The molecular weight excluding hydrogens is 788 g/mol. The van der Waals surface area contributed by atoms with E-state index in [9.17, 15) is 14.4 Å². The first kappa shape index (κ1) is 32.0. The van der Waals surface area contributed by atoms with E-state index in [0.717, 1.165) is 18.4 Å². The molecule has 3 aromatic rings. The van der Waals surface area contributed by atoms with Crippen molar-refractivity contribution in [2.75, 3.05) is 39.3 Å². The molecule has 0 aliphatic carbocycles. The SMILES string of the molecule is CCOC(=O)C1=C(C)N=c2s/c(=C\c3cc(I)c(NC)c(I)c3)c(=O)n2[C@H]1c1ccc(OCC(=O)OC)c(OCC)c1. The second kappa shape index (κ2) is 14.0. The number of fused-ring (bicyclic) bond motifs is 1. The van der Waals surface area contributed by atoms with Crippen molar-refractivity contribution >= 4 is 80.2 Å². The highest BCUT2D eigenvalue weighted by Crippen LogP contribution is 2.36. The molecule has 4 rings (SSSR count). The highest BCUT2D eigenvalue weighted by Gasteiger charge is 2.34. The molecule has 0 saturated carbocycles. The van der Waals surface area contributed by atoms with Gasteiger partial charge in [0.15, 0.2) is 22.9 Å². The monoisotopic (exact) mass is 817 g/mol. The Balaban J connectivity index is 1.91. The van der Waals surface area contributed by atoms with E-state index in [1.165, 1.54) is 23.0 Å². The Morgan fingerprint density at radius 2 is 1.81 bits per heavy atom. The highest BCUT2D eigenvalue weighted by molar-refractivity contribution is 14.1. The molecule has 0 fully saturated rings. The molecule has 1 N–H and O–H groups in total. The Morgan fingerprint density at radius 1 is 1.10 bits per heavy atom. The van der Waals surface area contributed by atoms with E-state index < -0.39 is 18.0 Å². The molecule has 10 nitrogen and oxygen atoms in total. The van der Waals surface area contributed by atoms with Crippen molar-refractivity contribution in [3.8, 4) is 11.5 Å². The number of nitrogens with one attached hydrogen (secondary N) is 1. The van der Waals surface area contributed by atoms with Crippen LogP contribution in [-0.4, -0.2) is 50.5 Å². The third-order valence-electron chi connectivity index (χ3n) is 6.29. The van der Waals surface area contributed by atoms with Crippen LogP contribution in [0.25, 0.3) is 6.08 Å². The lowest BCUT2D eigenvalue weighted by Gasteiger charge is -2.25. The summed E-state index contributed by atoms with van der Waals surface area (Å²) in [4.78, 5) is 44.0. The number of hydrogen-bond acceptors (Lipinski definition) is 10. The molecule has 0 amide bonds. The van der Waals surface area contributed by atoms with Crippen molar-refractivity contribution in [3.63, 3.8) is 0 Å². The zero-order chi connectivity index (χ0) is 30.6. The lowest BCUT2D eigenvalue weighted by Crippen LogP contribution is -2.40. The van der Waals surface area contributed by atoms with Gasteiger partial charge in [0.1, 0.15) is 0 Å². The summed E-state index contributed by atoms with van der Waals surface area (Å²) in [5.74, 6) is -0.422. The van der Waals surface area contributed by atoms with Gasteiger partial charge < -0.3 is 24.3 Å². The van der Waals surface area contributed by atoms with Gasteiger partial charge in [-0.15, -0.1) is 0 Å². The van der Waals surface area contributed by atoms with Gasteiger partial charge in [0.2, 0.25) is 0 Å². The fourth-order valence-corrected chi connectivity index (χ4v) is 7.85. The Kier molecular flexibility index (Phi) is 10.7. The first-order chi connectivity index (χ1) is 20.1. The summed E-state index contributed by atoms with van der Waals surface area (Å²) >= 11 is 5.78. The summed E-state index contributed by atoms with van der Waals surface area (Å²) in [6.07, 6.45) is 1.84. The molecule has 1 aromatic heterocycles. The van der Waals surface area contributed by atoms with Crippen LogP contribution < -0.4 is 29.7 Å². The van der Waals surface area contributed by atoms with Crippen molar-refractivity contribution in [1.29, 1.82) is 0 Å². The minimum atomic E-state index is -0.830. The molecule has 0 spiro atoms. The predicted octanol–water partition coefficient (Wildman–Crippen LogP) is 4.00. The van der Waals surface area contributed by atoms with Gasteiger partial charge in [0.25, 0.3) is 5.56 Å². The van der Waals surface area contributed by atoms with E-state index in [-0.39, 0.29) is 24.3 Å². The van der Waals surface area contributed by atoms with Crippen LogP contribution in [0, 0.1) is 7.14 Å². The third-order valence-corrected chi connectivity index (χ3v) is 8.97. The number of nitrogens with zero attached hydrogens (tertiary/aromatic N) is 2. The van der Waals surface area contributed by atoms with Gasteiger partial charge >= 0.3 is 11.9 Å². The summed E-state index contributed by atoms with van der Waals surface area (Å²) in [5.41, 5.74) is 2.91. The third kappa shape index (κ3) is 6.67. The van der Waals surface area contributed by atoms with Crippen LogP contribution >= 0.6 is 56.5 Å². The number of carbonyl (C=O) groups excluding carboxylic acids is 2. The number of rotatable bonds is 10. The van der Waals surface area contributed by atoms with Gasteiger partial charge in [-0.2, -0.15) is 0 Å². The average Bonchev–Trinajstić information content (AvgIpc) is 3.25. The van der Waals surface area contributed by atoms with Crippen LogP contribution in [0.5, 0.6) is 11.5 Å². The standard InChI is InChI=1S/C29H29I2N3O7S/c1-6-39-21-13-17(8-9-20(21)41-14-23(35)38-5)26-24(28(37)40-7-2)15(3)33-29-34(26)27(36)22(42-29)12-16-10-18(30)25(32-4)19(31)11-16/h8-13,26,32H,6-7,14H2,1-5H3/b22-12-/t26-/m0/s1. The molecule has 2 heterocycles. The van der Waals surface area contributed by atoms with Gasteiger partial charge in [0.05, 0.1) is 47.9 Å². The number of aromatic nitrogens is 1. The fourth-order valence-electron chi connectivity index (χ4n) is 4.45. The Hall–Kier alpha value is -2.92. The Labute approximate surface area is 273 Å². The second-order valence-electron chi connectivity index (χ2n) is 8.92. The number of anilines is 1. The van der Waals surface area contributed by atoms with Crippen molar-refractivity contribution in [1.82, 2.24) is 4.57 Å². The number of esters is 2. The van der Waals surface area contributed by atoms with Crippen LogP contribution in [-0.2, 0) is 19.1 Å². The zero-order valence-corrected chi connectivity index (χ0v) is 28.7. The molecule has 0 radical (unpaired) electrons. The molecule has 2 aromatic carbocycles. The average molecular weight is 817 g/mol. The summed E-state index contributed by atoms with van der Waals surface area (Å²) in [5, 5.41) is 3.20. The van der Waals surface area contributed by atoms with Gasteiger partial charge in [-0.25, -0.2) is 14.6 Å². The number of hydrogen-bond donors (Lipinski definition) is 1. The minimum Gasteiger partial charge on any atom is -0.490 e. The number of ether oxygens (including phenoxy) is 4. The molecule has 0 bridgehead atoms. The molecule has 13 heteroatoms. The highest BCUT2D eigenvalue weighted by atomic mass is 127. The molecule has 222 valence electrons. The molecular formula is C29H29I2N3O7S. The maximum atomic E-state index is 14.0.